The number of benzene rings is 16. The van der Waals surface area contributed by atoms with Crippen molar-refractivity contribution in [2.24, 2.45) is 0 Å². The molecule has 20 rings (SSSR count). The molecule has 0 spiro atoms. The fourth-order valence-corrected chi connectivity index (χ4v) is 15.4. The lowest BCUT2D eigenvalue weighted by molar-refractivity contribution is 1.17. The van der Waals surface area contributed by atoms with Crippen LogP contribution >= 0.6 is 0 Å². The molecule has 500 valence electrons. The van der Waals surface area contributed by atoms with Gasteiger partial charge in [0.15, 0.2) is 0 Å². The molecule has 4 nitrogen and oxygen atoms in total. The van der Waals surface area contributed by atoms with Gasteiger partial charge in [0.1, 0.15) is 0 Å². The lowest BCUT2D eigenvalue weighted by atomic mass is 9.97. The Bertz CT molecular complexity index is 6500. The highest BCUT2D eigenvalue weighted by molar-refractivity contribution is 6.12. The van der Waals surface area contributed by atoms with Gasteiger partial charge in [0.2, 0.25) is 0 Å². The van der Waals surface area contributed by atoms with Crippen LogP contribution < -0.4 is 0 Å². The van der Waals surface area contributed by atoms with Crippen molar-refractivity contribution in [3.63, 3.8) is 0 Å². The molecular formula is C101H76N4. The van der Waals surface area contributed by atoms with Gasteiger partial charge in [-0.25, -0.2) is 0 Å². The molecule has 4 aromatic heterocycles. The normalized spacial score (nSPS) is 11.2. The lowest BCUT2D eigenvalue weighted by Crippen LogP contribution is -1.95. The Morgan fingerprint density at radius 3 is 1.24 bits per heavy atom. The first-order valence-electron chi connectivity index (χ1n) is 36.2. The van der Waals surface area contributed by atoms with E-state index in [1.165, 1.54) is 171 Å². The monoisotopic (exact) mass is 1340 g/mol. The van der Waals surface area contributed by atoms with Gasteiger partial charge in [-0.1, -0.05) is 303 Å². The van der Waals surface area contributed by atoms with E-state index in [2.05, 4.69) is 430 Å². The van der Waals surface area contributed by atoms with E-state index in [4.69, 9.17) is 4.98 Å². The summed E-state index contributed by atoms with van der Waals surface area (Å²) in [5.74, 6) is 0. The average molecular weight is 1350 g/mol. The summed E-state index contributed by atoms with van der Waals surface area (Å²) in [7, 11) is 0. The summed E-state index contributed by atoms with van der Waals surface area (Å²) in [5.41, 5.74) is 28.2. The first kappa shape index (κ1) is 64.9. The maximum atomic E-state index is 4.84. The van der Waals surface area contributed by atoms with Gasteiger partial charge in [0, 0.05) is 60.6 Å². The topological polar surface area (TPSA) is 27.7 Å². The van der Waals surface area contributed by atoms with Crippen molar-refractivity contribution < 1.29 is 0 Å². The maximum absolute atomic E-state index is 4.84. The Hall–Kier alpha value is -13.4. The minimum Gasteiger partial charge on any atom is -0.309 e. The van der Waals surface area contributed by atoms with Crippen molar-refractivity contribution in [2.75, 3.05) is 0 Å². The number of pyridine rings is 1. The SMILES string of the molecule is Cc1cc(-c2ccc3ccccc3c2)cc(-c2cccc3ccccc23)n1.Cc1ccc2c(c1)c1ccccc1n2-c1ccc(-c2ccccc2)cc1.Cc1cccc2c1c1ccccc1n2-c1ccc(-c2ccccc2)cc1.Cc1cccc2c3ccccc3n(-c3ccc(-c4ccccc4)cc3)c12. The Labute approximate surface area is 612 Å². The van der Waals surface area contributed by atoms with Gasteiger partial charge in [-0.3, -0.25) is 4.98 Å². The summed E-state index contributed by atoms with van der Waals surface area (Å²) < 4.78 is 7.11. The van der Waals surface area contributed by atoms with Crippen molar-refractivity contribution in [1.29, 1.82) is 0 Å². The number of hydrogen-bond donors (Lipinski definition) is 0. The van der Waals surface area contributed by atoms with Crippen LogP contribution in [0.4, 0.5) is 0 Å². The molecule has 0 aliphatic carbocycles. The molecule has 0 unspecified atom stereocenters. The van der Waals surface area contributed by atoms with E-state index in [0.29, 0.717) is 0 Å². The number of nitrogens with zero attached hydrogens (tertiary/aromatic N) is 4. The van der Waals surface area contributed by atoms with Crippen LogP contribution in [0.5, 0.6) is 0 Å². The average Bonchev–Trinajstić information content (AvgIpc) is 1.65. The van der Waals surface area contributed by atoms with Crippen LogP contribution in [0.1, 0.15) is 22.4 Å². The second-order valence-corrected chi connectivity index (χ2v) is 27.2. The van der Waals surface area contributed by atoms with Gasteiger partial charge in [0.25, 0.3) is 0 Å². The van der Waals surface area contributed by atoms with Crippen LogP contribution in [-0.2, 0) is 0 Å². The molecule has 105 heavy (non-hydrogen) atoms. The fourth-order valence-electron chi connectivity index (χ4n) is 15.4. The van der Waals surface area contributed by atoms with Gasteiger partial charge in [-0.15, -0.1) is 0 Å². The Kier molecular flexibility index (Phi) is 17.7. The molecule has 4 heteroatoms. The number of rotatable bonds is 8. The van der Waals surface area contributed by atoms with Crippen LogP contribution in [0, 0.1) is 27.7 Å². The summed E-state index contributed by atoms with van der Waals surface area (Å²) in [6.07, 6.45) is 0. The second kappa shape index (κ2) is 28.5. The summed E-state index contributed by atoms with van der Waals surface area (Å²) >= 11 is 0. The molecule has 0 aliphatic heterocycles. The molecule has 0 amide bonds. The van der Waals surface area contributed by atoms with E-state index in [1.807, 2.05) is 0 Å². The van der Waals surface area contributed by atoms with Crippen LogP contribution in [-0.4, -0.2) is 18.7 Å². The van der Waals surface area contributed by atoms with E-state index in [0.717, 1.165) is 11.4 Å². The molecule has 0 saturated heterocycles. The van der Waals surface area contributed by atoms with Gasteiger partial charge >= 0.3 is 0 Å². The quantitative estimate of drug-likeness (QED) is 0.149. The number of aromatic nitrogens is 4. The van der Waals surface area contributed by atoms with E-state index in [9.17, 15) is 0 Å². The molecule has 20 aromatic rings. The standard InChI is InChI=1S/C26H19N.3C25H19N/c1-18-15-23(22-14-13-19-7-2-3-9-21(19)16-22)17-26(27-18)25-12-6-10-20-8-4-5-11-24(20)25;1-18-8-7-12-23-22-11-5-6-13-24(22)26(25(18)23)21-16-14-20(15-17-21)19-9-3-2-4-10-19;1-18-8-7-13-24-25(18)22-11-5-6-12-23(22)26(24)21-16-14-20(15-17-21)19-9-3-2-4-10-19;1-18-11-16-25-23(17-18)22-9-5-6-10-24(22)26(25)21-14-12-20(13-15-21)19-7-3-2-4-8-19/h2-17H,1H3;3*2-17H,1H3. The maximum Gasteiger partial charge on any atom is 0.0717 e. The Morgan fingerprint density at radius 2 is 0.629 bits per heavy atom. The summed E-state index contributed by atoms with van der Waals surface area (Å²) in [6, 6.07) is 138. The first-order chi connectivity index (χ1) is 51.7. The van der Waals surface area contributed by atoms with Crippen molar-refractivity contribution in [3.8, 4) is 72.8 Å². The molecule has 0 fully saturated rings. The Morgan fingerprint density at radius 1 is 0.219 bits per heavy atom. The van der Waals surface area contributed by atoms with E-state index < -0.39 is 0 Å². The number of aryl methyl sites for hydroxylation is 4. The van der Waals surface area contributed by atoms with Gasteiger partial charge < -0.3 is 13.7 Å². The zero-order valence-corrected chi connectivity index (χ0v) is 59.2. The van der Waals surface area contributed by atoms with Crippen molar-refractivity contribution in [2.45, 2.75) is 27.7 Å². The smallest absolute Gasteiger partial charge is 0.0717 e. The highest BCUT2D eigenvalue weighted by atomic mass is 15.0. The fraction of sp³-hybridized carbons (Fsp3) is 0.0396. The largest absolute Gasteiger partial charge is 0.309 e. The van der Waals surface area contributed by atoms with Gasteiger partial charge in [0.05, 0.1) is 38.8 Å². The summed E-state index contributed by atoms with van der Waals surface area (Å²) in [4.78, 5) is 4.84. The predicted molar refractivity (Wildman–Crippen MR) is 448 cm³/mol. The van der Waals surface area contributed by atoms with Gasteiger partial charge in [-0.05, 0) is 196 Å². The van der Waals surface area contributed by atoms with Crippen molar-refractivity contribution in [1.82, 2.24) is 18.7 Å². The third-order valence-corrected chi connectivity index (χ3v) is 20.4. The Balaban J connectivity index is 0.000000103. The second-order valence-electron chi connectivity index (χ2n) is 27.2. The zero-order chi connectivity index (χ0) is 70.7. The first-order valence-corrected chi connectivity index (χ1v) is 36.2. The number of fused-ring (bicyclic) bond motifs is 11. The highest BCUT2D eigenvalue weighted by Crippen LogP contribution is 2.39. The van der Waals surface area contributed by atoms with Gasteiger partial charge in [-0.2, -0.15) is 0 Å². The van der Waals surface area contributed by atoms with Crippen LogP contribution in [0.2, 0.25) is 0 Å². The molecular weight excluding hydrogens is 1270 g/mol. The zero-order valence-electron chi connectivity index (χ0n) is 59.2. The molecule has 16 aromatic carbocycles. The third-order valence-electron chi connectivity index (χ3n) is 20.4. The molecule has 0 saturated carbocycles. The predicted octanol–water partition coefficient (Wildman–Crippen LogP) is 27.3. The molecule has 0 atom stereocenters. The lowest BCUT2D eigenvalue weighted by Gasteiger charge is -2.11. The molecule has 0 aliphatic rings. The summed E-state index contributed by atoms with van der Waals surface area (Å²) in [6.45, 7) is 8.60. The van der Waals surface area contributed by atoms with Crippen molar-refractivity contribution >= 4 is 87.0 Å². The summed E-state index contributed by atoms with van der Waals surface area (Å²) in [5, 5.41) is 12.9. The molecule has 0 N–H and O–H groups in total. The van der Waals surface area contributed by atoms with E-state index in [1.54, 1.807) is 0 Å². The minimum atomic E-state index is 1.02. The number of para-hydroxylation sites is 4. The van der Waals surface area contributed by atoms with Crippen molar-refractivity contribution in [3.05, 3.63) is 411 Å². The van der Waals surface area contributed by atoms with Crippen LogP contribution in [0.15, 0.2) is 388 Å². The van der Waals surface area contributed by atoms with E-state index in [-0.39, 0.29) is 0 Å². The van der Waals surface area contributed by atoms with Crippen LogP contribution in [0.3, 0.4) is 0 Å². The molecule has 4 heterocycles. The molecule has 0 bridgehead atoms. The molecule has 0 radical (unpaired) electrons. The number of hydrogen-bond acceptors (Lipinski definition) is 1. The van der Waals surface area contributed by atoms with Crippen LogP contribution in [0.25, 0.3) is 160 Å². The minimum absolute atomic E-state index is 1.02. The van der Waals surface area contributed by atoms with E-state index >= 15 is 0 Å². The third kappa shape index (κ3) is 12.8. The highest BCUT2D eigenvalue weighted by Gasteiger charge is 2.18.